The lowest BCUT2D eigenvalue weighted by Gasteiger charge is -2.30. The molecule has 164 valence electrons. The van der Waals surface area contributed by atoms with Gasteiger partial charge < -0.3 is 16.4 Å². The third-order valence-electron chi connectivity index (χ3n) is 5.93. The van der Waals surface area contributed by atoms with Crippen LogP contribution in [-0.4, -0.2) is 37.8 Å². The fraction of sp³-hybridized carbons (Fsp3) is 0.364. The molecule has 1 fully saturated rings. The second kappa shape index (κ2) is 8.68. The van der Waals surface area contributed by atoms with Gasteiger partial charge in [0.25, 0.3) is 0 Å². The number of rotatable bonds is 5. The molecule has 3 amide bonds. The highest BCUT2D eigenvalue weighted by Gasteiger charge is 2.32. The second-order valence-electron chi connectivity index (χ2n) is 8.02. The van der Waals surface area contributed by atoms with Gasteiger partial charge in [0.05, 0.1) is 4.90 Å². The number of aryl methyl sites for hydroxylation is 2. The van der Waals surface area contributed by atoms with Gasteiger partial charge in [0.1, 0.15) is 0 Å². The van der Waals surface area contributed by atoms with Crippen LogP contribution < -0.4 is 16.4 Å². The number of piperidine rings is 1. The summed E-state index contributed by atoms with van der Waals surface area (Å²) in [5.41, 5.74) is 8.52. The number of amides is 3. The molecule has 4 rings (SSSR count). The standard InChI is InChI=1S/C22H26N4O4S/c23-22(28)25-19-6-2-5-18(14-19)24-21(27)16-9-11-26(12-10-16)31(29,30)20-8-7-15-3-1-4-17(15)13-20/h2,5-8,13-14,16H,1,3-4,9-12H2,(H,24,27)(H3,23,25,28). The van der Waals surface area contributed by atoms with Crippen LogP contribution in [0.2, 0.25) is 0 Å². The van der Waals surface area contributed by atoms with E-state index in [-0.39, 0.29) is 11.8 Å². The third-order valence-corrected chi connectivity index (χ3v) is 7.82. The minimum absolute atomic E-state index is 0.161. The minimum Gasteiger partial charge on any atom is -0.351 e. The molecule has 2 aromatic rings. The summed E-state index contributed by atoms with van der Waals surface area (Å²) >= 11 is 0. The number of hydrogen-bond acceptors (Lipinski definition) is 4. The number of urea groups is 1. The van der Waals surface area contributed by atoms with Crippen molar-refractivity contribution in [1.82, 2.24) is 4.31 Å². The van der Waals surface area contributed by atoms with Gasteiger partial charge in [-0.15, -0.1) is 0 Å². The van der Waals surface area contributed by atoms with Gasteiger partial charge >= 0.3 is 6.03 Å². The largest absolute Gasteiger partial charge is 0.351 e. The highest BCUT2D eigenvalue weighted by molar-refractivity contribution is 7.89. The van der Waals surface area contributed by atoms with E-state index >= 15 is 0 Å². The van der Waals surface area contributed by atoms with Crippen molar-refractivity contribution in [3.05, 3.63) is 53.6 Å². The molecular formula is C22H26N4O4S. The average Bonchev–Trinajstić information content (AvgIpc) is 3.21. The minimum atomic E-state index is -3.56. The smallest absolute Gasteiger partial charge is 0.316 e. The molecule has 0 spiro atoms. The van der Waals surface area contributed by atoms with Crippen LogP contribution in [0.1, 0.15) is 30.4 Å². The van der Waals surface area contributed by atoms with Crippen LogP contribution in [0.4, 0.5) is 16.2 Å². The molecule has 0 bridgehead atoms. The molecule has 0 atom stereocenters. The maximum absolute atomic E-state index is 13.1. The number of nitrogens with two attached hydrogens (primary N) is 1. The molecule has 1 aliphatic heterocycles. The van der Waals surface area contributed by atoms with Crippen LogP contribution in [0, 0.1) is 5.92 Å². The Hall–Kier alpha value is -2.91. The van der Waals surface area contributed by atoms with E-state index in [9.17, 15) is 18.0 Å². The number of carbonyl (C=O) groups is 2. The van der Waals surface area contributed by atoms with Crippen molar-refractivity contribution in [3.63, 3.8) is 0 Å². The molecular weight excluding hydrogens is 416 g/mol. The highest BCUT2D eigenvalue weighted by atomic mass is 32.2. The number of carbonyl (C=O) groups excluding carboxylic acids is 2. The van der Waals surface area contributed by atoms with Gasteiger partial charge in [0.15, 0.2) is 0 Å². The van der Waals surface area contributed by atoms with Crippen molar-refractivity contribution in [2.45, 2.75) is 37.0 Å². The number of nitrogens with one attached hydrogen (secondary N) is 2. The fourth-order valence-electron chi connectivity index (χ4n) is 4.28. The number of nitrogens with zero attached hydrogens (tertiary/aromatic N) is 1. The predicted molar refractivity (Wildman–Crippen MR) is 118 cm³/mol. The zero-order valence-electron chi connectivity index (χ0n) is 17.1. The summed E-state index contributed by atoms with van der Waals surface area (Å²) < 4.78 is 27.6. The Morgan fingerprint density at radius 1 is 0.935 bits per heavy atom. The predicted octanol–water partition coefficient (Wildman–Crippen LogP) is 2.71. The lowest BCUT2D eigenvalue weighted by Crippen LogP contribution is -2.41. The van der Waals surface area contributed by atoms with E-state index < -0.39 is 16.1 Å². The molecule has 4 N–H and O–H groups in total. The van der Waals surface area contributed by atoms with Crippen LogP contribution >= 0.6 is 0 Å². The van der Waals surface area contributed by atoms with Crippen molar-refractivity contribution in [2.24, 2.45) is 11.7 Å². The Kier molecular flexibility index (Phi) is 5.97. The lowest BCUT2D eigenvalue weighted by molar-refractivity contribution is -0.120. The first kappa shape index (κ1) is 21.3. The van der Waals surface area contributed by atoms with E-state index in [0.717, 1.165) is 24.8 Å². The third kappa shape index (κ3) is 4.72. The maximum atomic E-state index is 13.1. The van der Waals surface area contributed by atoms with Gasteiger partial charge in [-0.1, -0.05) is 12.1 Å². The first-order chi connectivity index (χ1) is 14.8. The fourth-order valence-corrected chi connectivity index (χ4v) is 5.80. The van der Waals surface area contributed by atoms with Gasteiger partial charge in [-0.3, -0.25) is 4.79 Å². The van der Waals surface area contributed by atoms with E-state index in [1.807, 2.05) is 12.1 Å². The van der Waals surface area contributed by atoms with E-state index in [0.29, 0.717) is 42.2 Å². The van der Waals surface area contributed by atoms with Gasteiger partial charge in [0.2, 0.25) is 15.9 Å². The number of sulfonamides is 1. The SMILES string of the molecule is NC(=O)Nc1cccc(NC(=O)C2CCN(S(=O)(=O)c3ccc4c(c3)CCC4)CC2)c1. The van der Waals surface area contributed by atoms with Crippen molar-refractivity contribution in [3.8, 4) is 0 Å². The number of anilines is 2. The summed E-state index contributed by atoms with van der Waals surface area (Å²) in [6.07, 6.45) is 3.92. The van der Waals surface area contributed by atoms with Crippen molar-refractivity contribution < 1.29 is 18.0 Å². The first-order valence-electron chi connectivity index (χ1n) is 10.4. The molecule has 2 aliphatic rings. The Balaban J connectivity index is 1.37. The molecule has 9 heteroatoms. The van der Waals surface area contributed by atoms with Crippen molar-refractivity contribution >= 4 is 33.3 Å². The zero-order valence-corrected chi connectivity index (χ0v) is 18.0. The van der Waals surface area contributed by atoms with Gasteiger partial charge in [-0.05, 0) is 73.6 Å². The van der Waals surface area contributed by atoms with Gasteiger partial charge in [0, 0.05) is 30.4 Å². The van der Waals surface area contributed by atoms with Crippen LogP contribution in [0.15, 0.2) is 47.4 Å². The van der Waals surface area contributed by atoms with E-state index in [4.69, 9.17) is 5.73 Å². The summed E-state index contributed by atoms with van der Waals surface area (Å²) in [6.45, 7) is 0.613. The van der Waals surface area contributed by atoms with Crippen LogP contribution in [-0.2, 0) is 27.7 Å². The normalized spacial score (nSPS) is 17.2. The van der Waals surface area contributed by atoms with Crippen LogP contribution in [0.5, 0.6) is 0 Å². The molecule has 2 aromatic carbocycles. The Morgan fingerprint density at radius 3 is 2.32 bits per heavy atom. The summed E-state index contributed by atoms with van der Waals surface area (Å²) in [5, 5.41) is 5.31. The lowest BCUT2D eigenvalue weighted by atomic mass is 9.97. The first-order valence-corrected chi connectivity index (χ1v) is 11.9. The number of primary amides is 1. The Morgan fingerprint density at radius 2 is 1.61 bits per heavy atom. The zero-order chi connectivity index (χ0) is 22.0. The molecule has 1 aliphatic carbocycles. The molecule has 0 radical (unpaired) electrons. The molecule has 8 nitrogen and oxygen atoms in total. The van der Waals surface area contributed by atoms with Gasteiger partial charge in [-0.2, -0.15) is 4.31 Å². The monoisotopic (exact) mass is 442 g/mol. The van der Waals surface area contributed by atoms with Gasteiger partial charge in [-0.25, -0.2) is 13.2 Å². The average molecular weight is 443 g/mol. The Labute approximate surface area is 181 Å². The summed E-state index contributed by atoms with van der Waals surface area (Å²) in [5.74, 6) is -0.440. The maximum Gasteiger partial charge on any atom is 0.316 e. The van der Waals surface area contributed by atoms with Crippen LogP contribution in [0.3, 0.4) is 0 Å². The van der Waals surface area contributed by atoms with E-state index in [1.165, 1.54) is 9.87 Å². The van der Waals surface area contributed by atoms with Crippen molar-refractivity contribution in [1.29, 1.82) is 0 Å². The molecule has 0 aromatic heterocycles. The molecule has 31 heavy (non-hydrogen) atoms. The number of hydrogen-bond donors (Lipinski definition) is 3. The van der Waals surface area contributed by atoms with Crippen molar-refractivity contribution in [2.75, 3.05) is 23.7 Å². The highest BCUT2D eigenvalue weighted by Crippen LogP contribution is 2.29. The summed E-state index contributed by atoms with van der Waals surface area (Å²) in [6, 6.07) is 11.5. The number of benzene rings is 2. The van der Waals surface area contributed by atoms with E-state index in [2.05, 4.69) is 10.6 Å². The van der Waals surface area contributed by atoms with E-state index in [1.54, 1.807) is 30.3 Å². The Bertz CT molecular complexity index is 1110. The number of fused-ring (bicyclic) bond motifs is 1. The molecule has 1 saturated heterocycles. The second-order valence-corrected chi connectivity index (χ2v) is 9.96. The molecule has 0 saturated carbocycles. The molecule has 1 heterocycles. The molecule has 0 unspecified atom stereocenters. The van der Waals surface area contributed by atoms with Crippen LogP contribution in [0.25, 0.3) is 0 Å². The summed E-state index contributed by atoms with van der Waals surface area (Å²) in [7, 11) is -3.56. The quantitative estimate of drug-likeness (QED) is 0.659. The summed E-state index contributed by atoms with van der Waals surface area (Å²) in [4.78, 5) is 24.0. The topological polar surface area (TPSA) is 122 Å².